The Balaban J connectivity index is 3.32. The third-order valence-corrected chi connectivity index (χ3v) is 3.62. The Bertz CT molecular complexity index is 264. The minimum atomic E-state index is -0.731. The number of allylic oxidation sites excluding steroid dienone is 3. The van der Waals surface area contributed by atoms with Crippen LogP contribution in [0.3, 0.4) is 0 Å². The second-order valence-electron chi connectivity index (χ2n) is 5.72. The second-order valence-corrected chi connectivity index (χ2v) is 5.72. The van der Waals surface area contributed by atoms with Gasteiger partial charge in [0.05, 0.1) is 18.8 Å². The molecule has 3 heteroatoms. The Hall–Kier alpha value is -0.640. The van der Waals surface area contributed by atoms with Crippen LogP contribution in [0.1, 0.15) is 71.1 Å². The van der Waals surface area contributed by atoms with Crippen molar-refractivity contribution in [3.63, 3.8) is 0 Å². The van der Waals surface area contributed by atoms with E-state index in [1.165, 1.54) is 51.4 Å². The van der Waals surface area contributed by atoms with Gasteiger partial charge >= 0.3 is 0 Å². The summed E-state index contributed by atoms with van der Waals surface area (Å²) in [5.41, 5.74) is 5.50. The number of hydrogen-bond donors (Lipinski definition) is 3. The molecule has 0 aromatic carbocycles. The van der Waals surface area contributed by atoms with Crippen molar-refractivity contribution in [2.45, 2.75) is 83.3 Å². The molecule has 4 N–H and O–H groups in total. The van der Waals surface area contributed by atoms with E-state index in [1.54, 1.807) is 6.08 Å². The van der Waals surface area contributed by atoms with Crippen molar-refractivity contribution >= 4 is 0 Å². The standard InChI is InChI=1S/C18H35NO2/c1-2-3-4-5-6-7-8-9-10-11-12-13-14-15-18(21)17(19)16-20/h7-8,14-15,17-18,20-21H,2-6,9-13,16,19H2,1H3/b8-7-,15-14+. The van der Waals surface area contributed by atoms with Crippen molar-refractivity contribution in [2.75, 3.05) is 6.61 Å². The van der Waals surface area contributed by atoms with Crippen LogP contribution in [0.4, 0.5) is 0 Å². The van der Waals surface area contributed by atoms with E-state index in [-0.39, 0.29) is 6.61 Å². The van der Waals surface area contributed by atoms with Gasteiger partial charge in [-0.3, -0.25) is 0 Å². The Labute approximate surface area is 130 Å². The molecule has 2 atom stereocenters. The van der Waals surface area contributed by atoms with Gasteiger partial charge in [-0.15, -0.1) is 0 Å². The summed E-state index contributed by atoms with van der Waals surface area (Å²) in [7, 11) is 0. The minimum Gasteiger partial charge on any atom is -0.395 e. The monoisotopic (exact) mass is 297 g/mol. The van der Waals surface area contributed by atoms with Crippen LogP contribution in [0, 0.1) is 0 Å². The van der Waals surface area contributed by atoms with Crippen molar-refractivity contribution in [2.24, 2.45) is 5.73 Å². The van der Waals surface area contributed by atoms with Crippen LogP contribution >= 0.6 is 0 Å². The molecule has 0 aliphatic rings. The topological polar surface area (TPSA) is 66.5 Å². The molecule has 2 unspecified atom stereocenters. The first kappa shape index (κ1) is 20.4. The third-order valence-electron chi connectivity index (χ3n) is 3.62. The van der Waals surface area contributed by atoms with Gasteiger partial charge < -0.3 is 15.9 Å². The van der Waals surface area contributed by atoms with Crippen molar-refractivity contribution < 1.29 is 10.2 Å². The van der Waals surface area contributed by atoms with Gasteiger partial charge in [0.25, 0.3) is 0 Å². The first-order chi connectivity index (χ1) is 10.2. The molecule has 21 heavy (non-hydrogen) atoms. The molecule has 0 spiro atoms. The smallest absolute Gasteiger partial charge is 0.0894 e. The molecule has 0 aromatic heterocycles. The molecule has 0 bridgehead atoms. The van der Waals surface area contributed by atoms with Crippen molar-refractivity contribution in [3.05, 3.63) is 24.3 Å². The molecule has 0 aliphatic carbocycles. The highest BCUT2D eigenvalue weighted by Gasteiger charge is 2.08. The summed E-state index contributed by atoms with van der Waals surface area (Å²) in [5.74, 6) is 0. The highest BCUT2D eigenvalue weighted by Crippen LogP contribution is 2.07. The first-order valence-corrected chi connectivity index (χ1v) is 8.58. The lowest BCUT2D eigenvalue weighted by molar-refractivity contribution is 0.144. The zero-order valence-corrected chi connectivity index (χ0v) is 13.7. The van der Waals surface area contributed by atoms with Crippen LogP contribution in [0.25, 0.3) is 0 Å². The minimum absolute atomic E-state index is 0.184. The Morgan fingerprint density at radius 2 is 1.38 bits per heavy atom. The maximum absolute atomic E-state index is 9.51. The normalized spacial score (nSPS) is 15.0. The van der Waals surface area contributed by atoms with Crippen molar-refractivity contribution in [3.8, 4) is 0 Å². The Kier molecular flexibility index (Phi) is 15.3. The van der Waals surface area contributed by atoms with Gasteiger partial charge in [0.1, 0.15) is 0 Å². The molecule has 0 rings (SSSR count). The molecule has 0 radical (unpaired) electrons. The fourth-order valence-electron chi connectivity index (χ4n) is 2.11. The number of unbranched alkanes of at least 4 members (excludes halogenated alkanes) is 8. The van der Waals surface area contributed by atoms with E-state index < -0.39 is 12.1 Å². The van der Waals surface area contributed by atoms with E-state index in [2.05, 4.69) is 19.1 Å². The lowest BCUT2D eigenvalue weighted by Gasteiger charge is -2.11. The number of rotatable bonds is 14. The van der Waals surface area contributed by atoms with Crippen LogP contribution < -0.4 is 5.73 Å². The van der Waals surface area contributed by atoms with E-state index in [4.69, 9.17) is 10.8 Å². The summed E-state index contributed by atoms with van der Waals surface area (Å²) in [5, 5.41) is 18.3. The van der Waals surface area contributed by atoms with Crippen LogP contribution in [0.5, 0.6) is 0 Å². The number of nitrogens with two attached hydrogens (primary N) is 1. The van der Waals surface area contributed by atoms with Gasteiger partial charge in [-0.1, -0.05) is 56.9 Å². The molecular formula is C18H35NO2. The van der Waals surface area contributed by atoms with E-state index in [0.29, 0.717) is 0 Å². The average molecular weight is 297 g/mol. The Morgan fingerprint density at radius 3 is 1.90 bits per heavy atom. The summed E-state index contributed by atoms with van der Waals surface area (Å²) in [6.45, 7) is 2.06. The van der Waals surface area contributed by atoms with Crippen LogP contribution in [0.2, 0.25) is 0 Å². The van der Waals surface area contributed by atoms with Crippen molar-refractivity contribution in [1.29, 1.82) is 0 Å². The predicted octanol–water partition coefficient (Wildman–Crippen LogP) is 3.70. The molecule has 3 nitrogen and oxygen atoms in total. The van der Waals surface area contributed by atoms with Crippen molar-refractivity contribution in [1.82, 2.24) is 0 Å². The maximum atomic E-state index is 9.51. The van der Waals surface area contributed by atoms with Crippen LogP contribution in [0.15, 0.2) is 24.3 Å². The number of hydrogen-bond acceptors (Lipinski definition) is 3. The lowest BCUT2D eigenvalue weighted by Crippen LogP contribution is -2.36. The second kappa shape index (κ2) is 15.7. The molecule has 0 saturated carbocycles. The zero-order chi connectivity index (χ0) is 15.8. The average Bonchev–Trinajstić information content (AvgIpc) is 2.50. The first-order valence-electron chi connectivity index (χ1n) is 8.58. The highest BCUT2D eigenvalue weighted by atomic mass is 16.3. The van der Waals surface area contributed by atoms with Gasteiger partial charge in [0.2, 0.25) is 0 Å². The molecule has 0 heterocycles. The van der Waals surface area contributed by atoms with Gasteiger partial charge in [-0.05, 0) is 38.5 Å². The van der Waals surface area contributed by atoms with E-state index in [0.717, 1.165) is 12.8 Å². The fraction of sp³-hybridized carbons (Fsp3) is 0.778. The molecule has 0 amide bonds. The quantitative estimate of drug-likeness (QED) is 0.338. The van der Waals surface area contributed by atoms with E-state index >= 15 is 0 Å². The largest absolute Gasteiger partial charge is 0.395 e. The van der Waals surface area contributed by atoms with Gasteiger partial charge in [-0.25, -0.2) is 0 Å². The Morgan fingerprint density at radius 1 is 0.857 bits per heavy atom. The fourth-order valence-corrected chi connectivity index (χ4v) is 2.11. The summed E-state index contributed by atoms with van der Waals surface area (Å²) >= 11 is 0. The summed E-state index contributed by atoms with van der Waals surface area (Å²) in [4.78, 5) is 0. The van der Waals surface area contributed by atoms with Crippen LogP contribution in [-0.4, -0.2) is 29.0 Å². The molecule has 124 valence electrons. The summed E-state index contributed by atoms with van der Waals surface area (Å²) < 4.78 is 0. The molecule has 0 saturated heterocycles. The number of aliphatic hydroxyl groups is 2. The van der Waals surface area contributed by atoms with E-state index in [9.17, 15) is 5.11 Å². The van der Waals surface area contributed by atoms with Crippen LogP contribution in [-0.2, 0) is 0 Å². The van der Waals surface area contributed by atoms with Gasteiger partial charge in [-0.2, -0.15) is 0 Å². The molecule has 0 aliphatic heterocycles. The third kappa shape index (κ3) is 14.1. The summed E-state index contributed by atoms with van der Waals surface area (Å²) in [6.07, 6.45) is 19.9. The predicted molar refractivity (Wildman–Crippen MR) is 91.2 cm³/mol. The maximum Gasteiger partial charge on any atom is 0.0894 e. The van der Waals surface area contributed by atoms with Gasteiger partial charge in [0, 0.05) is 0 Å². The SMILES string of the molecule is CCCCCC/C=C\CCCCC/C=C/C(O)C(N)CO. The van der Waals surface area contributed by atoms with Gasteiger partial charge in [0.15, 0.2) is 0 Å². The highest BCUT2D eigenvalue weighted by molar-refractivity contribution is 4.93. The summed E-state index contributed by atoms with van der Waals surface area (Å²) in [6, 6.07) is -0.566. The molecule has 0 fully saturated rings. The zero-order valence-electron chi connectivity index (χ0n) is 13.7. The lowest BCUT2D eigenvalue weighted by atomic mass is 10.1. The number of aliphatic hydroxyl groups excluding tert-OH is 2. The molecule has 0 aromatic rings. The molecular weight excluding hydrogens is 262 g/mol. The van der Waals surface area contributed by atoms with E-state index in [1.807, 2.05) is 6.08 Å².